The zero-order valence-electron chi connectivity index (χ0n) is 15.3. The molecule has 0 atom stereocenters. The Morgan fingerprint density at radius 3 is 1.10 bits per heavy atom. The van der Waals surface area contributed by atoms with E-state index in [0.717, 1.165) is 0 Å². The van der Waals surface area contributed by atoms with E-state index in [2.05, 4.69) is 85.4 Å². The molecule has 0 N–H and O–H groups in total. The maximum atomic E-state index is 2.55. The van der Waals surface area contributed by atoms with Gasteiger partial charge in [-0.2, -0.15) is 0 Å². The zero-order chi connectivity index (χ0) is 16.0. The number of allylic oxidation sites excluding steroid dienone is 4. The van der Waals surface area contributed by atoms with E-state index in [1.165, 1.54) is 11.1 Å². The van der Waals surface area contributed by atoms with E-state index in [9.17, 15) is 0 Å². The molecule has 0 aliphatic heterocycles. The normalized spacial score (nSPS) is 20.1. The fourth-order valence-electron chi connectivity index (χ4n) is 4.64. The Hall–Kier alpha value is 0.243. The van der Waals surface area contributed by atoms with Crippen molar-refractivity contribution in [3.63, 3.8) is 0 Å². The summed E-state index contributed by atoms with van der Waals surface area (Å²) in [4.78, 5) is 0. The maximum absolute atomic E-state index is 2.99. The van der Waals surface area contributed by atoms with E-state index < -0.39 is 21.1 Å². The van der Waals surface area contributed by atoms with Crippen molar-refractivity contribution in [2.75, 3.05) is 42.3 Å². The van der Waals surface area contributed by atoms with Gasteiger partial charge in [0, 0.05) is 0 Å². The van der Waals surface area contributed by atoms with Gasteiger partial charge in [0.15, 0.2) is 0 Å². The van der Waals surface area contributed by atoms with E-state index in [0.29, 0.717) is 0 Å². The molecule has 0 amide bonds. The van der Waals surface area contributed by atoms with Crippen molar-refractivity contribution in [1.29, 1.82) is 0 Å². The predicted molar refractivity (Wildman–Crippen MR) is 86.2 cm³/mol. The van der Waals surface area contributed by atoms with Crippen LogP contribution in [0.15, 0.2) is 22.3 Å². The number of nitrogens with zero attached hydrogens (tertiary/aromatic N) is 3. The van der Waals surface area contributed by atoms with Gasteiger partial charge in [-0.15, -0.1) is 0 Å². The third-order valence-corrected chi connectivity index (χ3v) is 20.1. The Labute approximate surface area is 131 Å². The Bertz CT molecular complexity index is 413. The van der Waals surface area contributed by atoms with Crippen molar-refractivity contribution in [3.05, 3.63) is 22.3 Å². The van der Waals surface area contributed by atoms with Crippen molar-refractivity contribution in [2.45, 2.75) is 37.7 Å². The first-order valence-electron chi connectivity index (χ1n) is 7.35. The van der Waals surface area contributed by atoms with Crippen LogP contribution in [-0.2, 0) is 21.1 Å². The topological polar surface area (TPSA) is 9.72 Å². The number of hydrogen-bond acceptors (Lipinski definition) is 3. The summed E-state index contributed by atoms with van der Waals surface area (Å²) in [6.07, 6.45) is 0. The minimum atomic E-state index is -2.99. The van der Waals surface area contributed by atoms with Crippen LogP contribution in [0.4, 0.5) is 0 Å². The molecule has 20 heavy (non-hydrogen) atoms. The van der Waals surface area contributed by atoms with Crippen LogP contribution < -0.4 is 0 Å². The SMILES string of the molecule is CC1=C(C)[C](C)([Zr]([N](C)C)([N](C)C)[N](C)C)C(C)=C1C. The van der Waals surface area contributed by atoms with Gasteiger partial charge in [0.1, 0.15) is 0 Å². The molecule has 0 saturated heterocycles. The van der Waals surface area contributed by atoms with E-state index >= 15 is 0 Å². The van der Waals surface area contributed by atoms with E-state index in [1.807, 2.05) is 0 Å². The molecular weight excluding hydrogens is 325 g/mol. The van der Waals surface area contributed by atoms with Gasteiger partial charge in [-0.25, -0.2) is 0 Å². The Morgan fingerprint density at radius 2 is 0.900 bits per heavy atom. The Balaban J connectivity index is 3.75. The van der Waals surface area contributed by atoms with Gasteiger partial charge in [0.25, 0.3) is 0 Å². The number of rotatable bonds is 4. The van der Waals surface area contributed by atoms with E-state index in [-0.39, 0.29) is 3.12 Å². The van der Waals surface area contributed by atoms with Crippen molar-refractivity contribution in [3.8, 4) is 0 Å². The van der Waals surface area contributed by atoms with Crippen LogP contribution in [0.25, 0.3) is 0 Å². The summed E-state index contributed by atoms with van der Waals surface area (Å²) in [5, 5.41) is 0. The van der Waals surface area contributed by atoms with Gasteiger partial charge in [0.05, 0.1) is 0 Å². The van der Waals surface area contributed by atoms with E-state index in [1.54, 1.807) is 11.1 Å². The first kappa shape index (κ1) is 18.3. The molecule has 0 fully saturated rings. The molecule has 0 aromatic heterocycles. The van der Waals surface area contributed by atoms with Gasteiger partial charge in [-0.1, -0.05) is 0 Å². The monoisotopic (exact) mass is 357 g/mol. The van der Waals surface area contributed by atoms with Gasteiger partial charge in [-0.05, 0) is 0 Å². The standard InChI is InChI=1S/C10H15.3C2H6N.Zr/c1-6-7(2)9(4)10(5)8(6)3;3*1-3-2;/h1-5H3;3*1-2H3;/q;3*-1;+3. The summed E-state index contributed by atoms with van der Waals surface area (Å²) in [5.41, 5.74) is 6.13. The van der Waals surface area contributed by atoms with Gasteiger partial charge < -0.3 is 0 Å². The zero-order valence-corrected chi connectivity index (χ0v) is 17.8. The second-order valence-corrected chi connectivity index (χ2v) is 19.1. The predicted octanol–water partition coefficient (Wildman–Crippen LogP) is 3.44. The fraction of sp³-hybridized carbons (Fsp3) is 0.750. The van der Waals surface area contributed by atoms with Crippen LogP contribution in [0.2, 0.25) is 3.12 Å². The molecule has 0 unspecified atom stereocenters. The van der Waals surface area contributed by atoms with Crippen LogP contribution in [-0.4, -0.2) is 50.8 Å². The molecular formula is C16H33N3Zr. The van der Waals surface area contributed by atoms with E-state index in [4.69, 9.17) is 0 Å². The third kappa shape index (κ3) is 2.07. The summed E-state index contributed by atoms with van der Waals surface area (Å²) in [7, 11) is 13.6. The second-order valence-electron chi connectivity index (χ2n) is 6.94. The Morgan fingerprint density at radius 1 is 0.650 bits per heavy atom. The summed E-state index contributed by atoms with van der Waals surface area (Å²) in [5.74, 6) is 0. The molecule has 4 heteroatoms. The fourth-order valence-corrected chi connectivity index (χ4v) is 20.5. The summed E-state index contributed by atoms with van der Waals surface area (Å²) in [6.45, 7) is 11.7. The van der Waals surface area contributed by atoms with Gasteiger partial charge in [-0.3, -0.25) is 0 Å². The Kier molecular flexibility index (Phi) is 5.30. The molecule has 0 aromatic rings. The van der Waals surface area contributed by atoms with Crippen LogP contribution in [0, 0.1) is 0 Å². The van der Waals surface area contributed by atoms with Crippen LogP contribution in [0.3, 0.4) is 0 Å². The molecule has 0 bridgehead atoms. The molecule has 0 radical (unpaired) electrons. The molecule has 0 aromatic carbocycles. The average molecular weight is 359 g/mol. The summed E-state index contributed by atoms with van der Waals surface area (Å²) in [6, 6.07) is 0. The van der Waals surface area contributed by atoms with Gasteiger partial charge >= 0.3 is 132 Å². The molecule has 0 heterocycles. The summed E-state index contributed by atoms with van der Waals surface area (Å²) >= 11 is -2.99. The van der Waals surface area contributed by atoms with Crippen LogP contribution in [0.5, 0.6) is 0 Å². The molecule has 1 rings (SSSR count). The third-order valence-electron chi connectivity index (χ3n) is 5.73. The number of hydrogen-bond donors (Lipinski definition) is 0. The van der Waals surface area contributed by atoms with Crippen molar-refractivity contribution in [2.24, 2.45) is 0 Å². The molecule has 1 aliphatic rings. The van der Waals surface area contributed by atoms with Crippen LogP contribution >= 0.6 is 0 Å². The average Bonchev–Trinajstić information content (AvgIpc) is 2.45. The molecule has 3 nitrogen and oxygen atoms in total. The quantitative estimate of drug-likeness (QED) is 0.762. The van der Waals surface area contributed by atoms with Gasteiger partial charge in [0.2, 0.25) is 0 Å². The van der Waals surface area contributed by atoms with Crippen molar-refractivity contribution < 1.29 is 21.1 Å². The first-order chi connectivity index (χ1) is 8.97. The molecule has 0 spiro atoms. The van der Waals surface area contributed by atoms with Crippen molar-refractivity contribution in [1.82, 2.24) is 8.53 Å². The molecule has 1 aliphatic carbocycles. The minimum absolute atomic E-state index is 0.180. The molecule has 0 saturated carbocycles. The summed E-state index contributed by atoms with van der Waals surface area (Å²) < 4.78 is 7.83. The van der Waals surface area contributed by atoms with Crippen molar-refractivity contribution >= 4 is 0 Å². The molecule has 116 valence electrons. The first-order valence-corrected chi connectivity index (χ1v) is 11.9. The second kappa shape index (κ2) is 5.80. The van der Waals surface area contributed by atoms with Crippen LogP contribution in [0.1, 0.15) is 34.6 Å².